The third-order valence-electron chi connectivity index (χ3n) is 13.6. The van der Waals surface area contributed by atoms with Gasteiger partial charge in [0.05, 0.1) is 41.3 Å². The van der Waals surface area contributed by atoms with Crippen LogP contribution in [-0.4, -0.2) is 30.5 Å². The van der Waals surface area contributed by atoms with Crippen LogP contribution in [0.15, 0.2) is 121 Å². The summed E-state index contributed by atoms with van der Waals surface area (Å²) < 4.78 is 57.0. The van der Waals surface area contributed by atoms with E-state index in [1.807, 2.05) is 21.8 Å². The average molecular weight is 827 g/mol. The molecule has 4 aliphatic carbocycles. The second kappa shape index (κ2) is 16.5. The highest BCUT2D eigenvalue weighted by Crippen LogP contribution is 2.55. The van der Waals surface area contributed by atoms with Gasteiger partial charge in [0, 0.05) is 16.9 Å². The summed E-state index contributed by atoms with van der Waals surface area (Å²) in [5.41, 5.74) is 9.33. The summed E-state index contributed by atoms with van der Waals surface area (Å²) in [7, 11) is 0. The highest BCUT2D eigenvalue weighted by atomic mass is 19.1. The minimum Gasteiger partial charge on any atom is -0.388 e. The van der Waals surface area contributed by atoms with Gasteiger partial charge in [-0.25, -0.2) is 26.9 Å². The molecule has 2 aromatic heterocycles. The van der Waals surface area contributed by atoms with E-state index >= 15 is 0 Å². The molecule has 10 heteroatoms. The monoisotopic (exact) mass is 826 g/mol. The van der Waals surface area contributed by atoms with Gasteiger partial charge >= 0.3 is 0 Å². The predicted octanol–water partition coefficient (Wildman–Crippen LogP) is 12.0. The van der Waals surface area contributed by atoms with Crippen LogP contribution in [0.2, 0.25) is 0 Å². The zero-order valence-electron chi connectivity index (χ0n) is 33.6. The van der Waals surface area contributed by atoms with E-state index in [4.69, 9.17) is 0 Å². The molecule has 4 aromatic carbocycles. The van der Waals surface area contributed by atoms with Crippen molar-refractivity contribution in [3.05, 3.63) is 178 Å². The first-order valence-electron chi connectivity index (χ1n) is 20.7. The lowest BCUT2D eigenvalue weighted by molar-refractivity contribution is 0.0216. The summed E-state index contributed by atoms with van der Waals surface area (Å²) in [6, 6.07) is 24.7. The molecule has 314 valence electrons. The first kappa shape index (κ1) is 41.8. The van der Waals surface area contributed by atoms with Crippen molar-refractivity contribution in [1.82, 2.24) is 19.6 Å². The smallest absolute Gasteiger partial charge is 0.166 e. The summed E-state index contributed by atoms with van der Waals surface area (Å²) in [4.78, 5) is 13.3. The third kappa shape index (κ3) is 7.71. The van der Waals surface area contributed by atoms with Crippen LogP contribution in [0.25, 0.3) is 23.5 Å². The summed E-state index contributed by atoms with van der Waals surface area (Å²) in [5.74, 6) is -1.20. The van der Waals surface area contributed by atoms with E-state index in [9.17, 15) is 27.5 Å². The summed E-state index contributed by atoms with van der Waals surface area (Å²) in [6.45, 7) is 4.40. The van der Waals surface area contributed by atoms with Gasteiger partial charge in [0.25, 0.3) is 0 Å². The van der Waals surface area contributed by atoms with Crippen LogP contribution >= 0.6 is 0 Å². The molecule has 5 atom stereocenters. The molecule has 0 spiro atoms. The van der Waals surface area contributed by atoms with Gasteiger partial charge in [-0.1, -0.05) is 44.6 Å². The Morgan fingerprint density at radius 2 is 1.07 bits per heavy atom. The quantitative estimate of drug-likeness (QED) is 0.134. The fourth-order valence-electron chi connectivity index (χ4n) is 10.3. The number of rotatable bonds is 6. The molecule has 6 aromatic rings. The van der Waals surface area contributed by atoms with Crippen LogP contribution in [0.1, 0.15) is 104 Å². The van der Waals surface area contributed by atoms with Crippen molar-refractivity contribution in [2.75, 3.05) is 0 Å². The Morgan fingerprint density at radius 1 is 0.639 bits per heavy atom. The van der Waals surface area contributed by atoms with E-state index in [1.54, 1.807) is 48.5 Å². The number of nitrogens with zero attached hydrogens (tertiary/aromatic N) is 4. The lowest BCUT2D eigenvalue weighted by Crippen LogP contribution is -2.41. The molecule has 0 unspecified atom stereocenters. The van der Waals surface area contributed by atoms with E-state index in [0.717, 1.165) is 90.8 Å². The van der Waals surface area contributed by atoms with Crippen LogP contribution in [-0.2, 0) is 12.8 Å². The van der Waals surface area contributed by atoms with E-state index in [1.165, 1.54) is 59.7 Å². The number of Topliss-reactive ketones (excluding diaryl/α,β-unsaturated/α-hetero) is 1. The lowest BCUT2D eigenvalue weighted by Gasteiger charge is -2.47. The number of fused-ring (bicyclic) bond motifs is 4. The second-order valence-electron chi connectivity index (χ2n) is 17.2. The molecule has 2 fully saturated rings. The topological polar surface area (TPSA) is 72.9 Å². The van der Waals surface area contributed by atoms with Crippen molar-refractivity contribution in [3.63, 3.8) is 0 Å². The van der Waals surface area contributed by atoms with Crippen LogP contribution in [0, 0.1) is 45.9 Å². The molecule has 4 aliphatic rings. The highest BCUT2D eigenvalue weighted by molar-refractivity contribution is 5.99. The lowest BCUT2D eigenvalue weighted by atomic mass is 9.57. The van der Waals surface area contributed by atoms with Gasteiger partial charge in [0.1, 0.15) is 23.3 Å². The average Bonchev–Trinajstić information content (AvgIpc) is 3.85. The Labute approximate surface area is 354 Å². The van der Waals surface area contributed by atoms with Gasteiger partial charge in [-0.2, -0.15) is 10.2 Å². The zero-order chi connectivity index (χ0) is 41.8. The Hall–Kier alpha value is -5.87. The zero-order valence-corrected chi connectivity index (χ0v) is 33.6. The molecule has 61 heavy (non-hydrogen) atoms. The number of aliphatic hydroxyl groups excluding tert-OH is 1. The fraction of sp³-hybridized carbons (Fsp3) is 0.314. The van der Waals surface area contributed by atoms with Gasteiger partial charge < -0.3 is 5.11 Å². The van der Waals surface area contributed by atoms with E-state index < -0.39 is 6.10 Å². The van der Waals surface area contributed by atoms with Gasteiger partial charge in [-0.05, 0) is 176 Å². The first-order valence-corrected chi connectivity index (χ1v) is 20.7. The van der Waals surface area contributed by atoms with Crippen LogP contribution in [0.3, 0.4) is 0 Å². The molecule has 0 bridgehead atoms. The van der Waals surface area contributed by atoms with E-state index in [-0.39, 0.29) is 59.1 Å². The Kier molecular flexibility index (Phi) is 11.3. The molecular formula is C51H50F4N4O2. The van der Waals surface area contributed by atoms with Gasteiger partial charge in [-0.3, -0.25) is 4.79 Å². The van der Waals surface area contributed by atoms with Gasteiger partial charge in [0.2, 0.25) is 0 Å². The number of halogens is 4. The van der Waals surface area contributed by atoms with Crippen molar-refractivity contribution in [1.29, 1.82) is 0 Å². The number of ketones is 1. The van der Waals surface area contributed by atoms with Crippen LogP contribution in [0.4, 0.5) is 17.6 Å². The Morgan fingerprint density at radius 3 is 1.57 bits per heavy atom. The van der Waals surface area contributed by atoms with Crippen molar-refractivity contribution >= 4 is 17.9 Å². The van der Waals surface area contributed by atoms with Crippen molar-refractivity contribution < 1.29 is 27.5 Å². The number of hydrogen-bond donors (Lipinski definition) is 1. The Balaban J connectivity index is 0.000000166. The first-order chi connectivity index (χ1) is 28.9. The van der Waals surface area contributed by atoms with Crippen molar-refractivity contribution in [2.45, 2.75) is 78.7 Å². The van der Waals surface area contributed by atoms with Gasteiger partial charge in [-0.15, -0.1) is 0 Å². The standard InChI is InChI=1S/C25H24F2N2O.C25H22F2N2O.CH4/c2*1-25-14-17-15-28-29(21-11-9-20(27)10-12-21)23(17)13-18(25)3-2-4-22(25)24(30)16-5-7-19(26)8-6-16;/h5-13,15,22,24,30H,2-4,14H2,1H3;5-13,15,22H,2-4,14H2,1H3;1H4/t22-,24-,25+;22-,25+;/m11./s1. The molecule has 1 N–H and O–H groups in total. The molecule has 0 aliphatic heterocycles. The number of allylic oxidation sites excluding steroid dienone is 2. The summed E-state index contributed by atoms with van der Waals surface area (Å²) >= 11 is 0. The minimum absolute atomic E-state index is 0. The largest absolute Gasteiger partial charge is 0.388 e. The number of aromatic nitrogens is 4. The normalized spacial score (nSPS) is 23.0. The molecule has 2 heterocycles. The minimum atomic E-state index is -0.645. The maximum absolute atomic E-state index is 13.3. The fourth-order valence-corrected chi connectivity index (χ4v) is 10.3. The predicted molar refractivity (Wildman–Crippen MR) is 230 cm³/mol. The molecule has 6 nitrogen and oxygen atoms in total. The molecule has 2 saturated carbocycles. The van der Waals surface area contributed by atoms with Crippen LogP contribution < -0.4 is 0 Å². The number of carbonyl (C=O) groups excluding carboxylic acids is 1. The van der Waals surface area contributed by atoms with Crippen LogP contribution in [0.5, 0.6) is 0 Å². The Bertz CT molecular complexity index is 2610. The summed E-state index contributed by atoms with van der Waals surface area (Å²) in [6.07, 6.45) is 14.6. The maximum atomic E-state index is 13.3. The SMILES string of the molecule is C.C[C@]12Cc3cnn(-c4ccc(F)cc4)c3C=C1CCC[C@@H]2C(=O)c1ccc(F)cc1.C[C@]12Cc3cnn(-c4ccc(F)cc4)c3C=C1CCC[C@@H]2[C@H](O)c1ccc(F)cc1. The second-order valence-corrected chi connectivity index (χ2v) is 17.2. The number of carbonyl (C=O) groups is 1. The molecule has 0 radical (unpaired) electrons. The molecule has 0 amide bonds. The van der Waals surface area contributed by atoms with E-state index in [0.29, 0.717) is 5.56 Å². The third-order valence-corrected chi connectivity index (χ3v) is 13.6. The maximum Gasteiger partial charge on any atom is 0.166 e. The molecule has 0 saturated heterocycles. The van der Waals surface area contributed by atoms with Gasteiger partial charge in [0.15, 0.2) is 5.78 Å². The summed E-state index contributed by atoms with van der Waals surface area (Å²) in [5, 5.41) is 20.3. The van der Waals surface area contributed by atoms with E-state index in [2.05, 4.69) is 36.2 Å². The molecular weight excluding hydrogens is 777 g/mol. The molecule has 10 rings (SSSR count). The highest BCUT2D eigenvalue weighted by Gasteiger charge is 2.48. The number of aliphatic hydroxyl groups is 1. The van der Waals surface area contributed by atoms with Crippen molar-refractivity contribution in [2.24, 2.45) is 22.7 Å². The number of benzene rings is 4. The number of hydrogen-bond acceptors (Lipinski definition) is 4. The van der Waals surface area contributed by atoms with Crippen molar-refractivity contribution in [3.8, 4) is 11.4 Å².